The monoisotopic (exact) mass is 288 g/mol. The molecule has 2 rings (SSSR count). The Morgan fingerprint density at radius 3 is 2.59 bits per heavy atom. The minimum Gasteiger partial charge on any atom is -0.360 e. The lowest BCUT2D eigenvalue weighted by molar-refractivity contribution is 1.16. The van der Waals surface area contributed by atoms with Crippen molar-refractivity contribution >= 4 is 15.9 Å². The molecule has 0 saturated heterocycles. The van der Waals surface area contributed by atoms with Gasteiger partial charge in [0.2, 0.25) is 0 Å². The second kappa shape index (κ2) is 5.20. The van der Waals surface area contributed by atoms with Gasteiger partial charge in [-0.05, 0) is 24.5 Å². The van der Waals surface area contributed by atoms with Crippen LogP contribution in [0.1, 0.15) is 16.7 Å². The summed E-state index contributed by atoms with van der Waals surface area (Å²) in [7, 11) is 0. The van der Waals surface area contributed by atoms with Crippen LogP contribution in [0, 0.1) is 18.3 Å². The first-order chi connectivity index (χ1) is 8.26. The van der Waals surface area contributed by atoms with Gasteiger partial charge in [-0.25, -0.2) is 0 Å². The summed E-state index contributed by atoms with van der Waals surface area (Å²) in [5.41, 5.74) is 5.03. The fraction of sp³-hybridized carbons (Fsp3) is 0.214. The van der Waals surface area contributed by atoms with Crippen molar-refractivity contribution in [1.82, 2.24) is 4.98 Å². The molecule has 0 bridgehead atoms. The predicted molar refractivity (Wildman–Crippen MR) is 73.2 cm³/mol. The highest BCUT2D eigenvalue weighted by atomic mass is 79.9. The largest absolute Gasteiger partial charge is 0.360 e. The number of aromatic nitrogens is 1. The molecule has 1 aromatic heterocycles. The van der Waals surface area contributed by atoms with E-state index in [0.29, 0.717) is 0 Å². The Balaban J connectivity index is 2.46. The van der Waals surface area contributed by atoms with Gasteiger partial charge in [-0.2, -0.15) is 5.26 Å². The summed E-state index contributed by atoms with van der Waals surface area (Å²) in [6.45, 7) is 2.06. The second-order valence-corrected chi connectivity index (χ2v) is 4.77. The first-order valence-corrected chi connectivity index (χ1v) is 6.61. The van der Waals surface area contributed by atoms with Crippen molar-refractivity contribution in [3.8, 4) is 17.3 Å². The van der Waals surface area contributed by atoms with Gasteiger partial charge in [-0.1, -0.05) is 45.8 Å². The molecule has 1 N–H and O–H groups in total. The van der Waals surface area contributed by atoms with Gasteiger partial charge in [0.15, 0.2) is 0 Å². The van der Waals surface area contributed by atoms with E-state index in [0.717, 1.165) is 34.1 Å². The van der Waals surface area contributed by atoms with Crippen LogP contribution in [-0.4, -0.2) is 10.3 Å². The molecule has 3 heteroatoms. The Kier molecular flexibility index (Phi) is 3.65. The van der Waals surface area contributed by atoms with Gasteiger partial charge in [-0.3, -0.25) is 0 Å². The third kappa shape index (κ3) is 2.42. The average molecular weight is 289 g/mol. The van der Waals surface area contributed by atoms with Gasteiger partial charge in [0.05, 0.1) is 11.3 Å². The normalized spacial score (nSPS) is 10.2. The third-order valence-corrected chi connectivity index (χ3v) is 3.17. The van der Waals surface area contributed by atoms with Crippen molar-refractivity contribution in [2.45, 2.75) is 13.3 Å². The molecule has 0 atom stereocenters. The van der Waals surface area contributed by atoms with Crippen LogP contribution in [0.4, 0.5) is 0 Å². The number of alkyl halides is 1. The highest BCUT2D eigenvalue weighted by molar-refractivity contribution is 9.09. The molecule has 2 aromatic rings. The molecule has 0 saturated carbocycles. The zero-order chi connectivity index (χ0) is 12.3. The number of aromatic amines is 1. The van der Waals surface area contributed by atoms with Crippen LogP contribution in [0.3, 0.4) is 0 Å². The molecule has 1 aromatic carbocycles. The zero-order valence-electron chi connectivity index (χ0n) is 9.63. The molecule has 17 heavy (non-hydrogen) atoms. The van der Waals surface area contributed by atoms with Crippen LogP contribution in [0.25, 0.3) is 11.3 Å². The SMILES string of the molecule is Cc1ccc(-c2[nH]cc(CCBr)c2C#N)cc1. The highest BCUT2D eigenvalue weighted by Gasteiger charge is 2.11. The van der Waals surface area contributed by atoms with Crippen molar-refractivity contribution in [1.29, 1.82) is 5.26 Å². The Morgan fingerprint density at radius 2 is 2.00 bits per heavy atom. The summed E-state index contributed by atoms with van der Waals surface area (Å²) in [4.78, 5) is 3.20. The molecule has 0 spiro atoms. The molecule has 0 aliphatic heterocycles. The van der Waals surface area contributed by atoms with E-state index in [-0.39, 0.29) is 0 Å². The summed E-state index contributed by atoms with van der Waals surface area (Å²) in [5.74, 6) is 0. The lowest BCUT2D eigenvalue weighted by Gasteiger charge is -2.01. The van der Waals surface area contributed by atoms with Crippen molar-refractivity contribution in [2.75, 3.05) is 5.33 Å². The van der Waals surface area contributed by atoms with Crippen LogP contribution in [0.5, 0.6) is 0 Å². The predicted octanol–water partition coefficient (Wildman–Crippen LogP) is 3.80. The Hall–Kier alpha value is -1.53. The number of hydrogen-bond acceptors (Lipinski definition) is 1. The number of H-pyrrole nitrogens is 1. The molecular formula is C14H13BrN2. The second-order valence-electron chi connectivity index (χ2n) is 3.98. The summed E-state index contributed by atoms with van der Waals surface area (Å²) in [6, 6.07) is 10.5. The molecule has 2 nitrogen and oxygen atoms in total. The van der Waals surface area contributed by atoms with Gasteiger partial charge in [0.25, 0.3) is 0 Å². The van der Waals surface area contributed by atoms with Crippen LogP contribution in [-0.2, 0) is 6.42 Å². The topological polar surface area (TPSA) is 39.6 Å². The standard InChI is InChI=1S/C14H13BrN2/c1-10-2-4-11(5-3-10)14-13(8-16)12(6-7-15)9-17-14/h2-5,9,17H,6-7H2,1H3. The highest BCUT2D eigenvalue weighted by Crippen LogP contribution is 2.25. The molecule has 0 aliphatic rings. The molecule has 0 radical (unpaired) electrons. The molecule has 0 amide bonds. The lowest BCUT2D eigenvalue weighted by atomic mass is 10.0. The van der Waals surface area contributed by atoms with Crippen molar-refractivity contribution in [2.24, 2.45) is 0 Å². The number of rotatable bonds is 3. The van der Waals surface area contributed by atoms with E-state index in [1.165, 1.54) is 5.56 Å². The van der Waals surface area contributed by atoms with E-state index in [4.69, 9.17) is 0 Å². The Labute approximate surface area is 109 Å². The summed E-state index contributed by atoms with van der Waals surface area (Å²) in [6.07, 6.45) is 2.79. The minimum atomic E-state index is 0.758. The van der Waals surface area contributed by atoms with E-state index in [1.807, 2.05) is 18.3 Å². The molecule has 0 unspecified atom stereocenters. The molecular weight excluding hydrogens is 276 g/mol. The minimum absolute atomic E-state index is 0.758. The Morgan fingerprint density at radius 1 is 1.29 bits per heavy atom. The number of nitriles is 1. The fourth-order valence-corrected chi connectivity index (χ4v) is 2.27. The van der Waals surface area contributed by atoms with Gasteiger partial charge >= 0.3 is 0 Å². The molecule has 1 heterocycles. The zero-order valence-corrected chi connectivity index (χ0v) is 11.2. The first-order valence-electron chi connectivity index (χ1n) is 5.49. The third-order valence-electron chi connectivity index (χ3n) is 2.78. The maximum absolute atomic E-state index is 9.25. The maximum atomic E-state index is 9.25. The number of benzene rings is 1. The first kappa shape index (κ1) is 11.9. The van der Waals surface area contributed by atoms with E-state index < -0.39 is 0 Å². The number of nitrogens with one attached hydrogen (secondary N) is 1. The van der Waals surface area contributed by atoms with Crippen molar-refractivity contribution < 1.29 is 0 Å². The number of halogens is 1. The van der Waals surface area contributed by atoms with Crippen LogP contribution >= 0.6 is 15.9 Å². The number of nitrogens with zero attached hydrogens (tertiary/aromatic N) is 1. The summed E-state index contributed by atoms with van der Waals surface area (Å²) in [5, 5.41) is 10.1. The van der Waals surface area contributed by atoms with E-state index >= 15 is 0 Å². The molecule has 0 aliphatic carbocycles. The van der Waals surface area contributed by atoms with E-state index in [2.05, 4.69) is 46.0 Å². The van der Waals surface area contributed by atoms with Gasteiger partial charge in [-0.15, -0.1) is 0 Å². The van der Waals surface area contributed by atoms with E-state index in [1.54, 1.807) is 0 Å². The number of aryl methyl sites for hydroxylation is 2. The van der Waals surface area contributed by atoms with Gasteiger partial charge in [0.1, 0.15) is 6.07 Å². The van der Waals surface area contributed by atoms with Gasteiger partial charge in [0, 0.05) is 11.5 Å². The number of hydrogen-bond donors (Lipinski definition) is 1. The quantitative estimate of drug-likeness (QED) is 0.858. The van der Waals surface area contributed by atoms with Crippen LogP contribution in [0.15, 0.2) is 30.5 Å². The lowest BCUT2D eigenvalue weighted by Crippen LogP contribution is -1.88. The smallest absolute Gasteiger partial charge is 0.102 e. The van der Waals surface area contributed by atoms with Crippen LogP contribution in [0.2, 0.25) is 0 Å². The Bertz CT molecular complexity index is 547. The summed E-state index contributed by atoms with van der Waals surface area (Å²) >= 11 is 3.40. The molecule has 86 valence electrons. The fourth-order valence-electron chi connectivity index (χ4n) is 1.84. The van der Waals surface area contributed by atoms with E-state index in [9.17, 15) is 5.26 Å². The van der Waals surface area contributed by atoms with Crippen molar-refractivity contribution in [3.05, 3.63) is 47.2 Å². The summed E-state index contributed by atoms with van der Waals surface area (Å²) < 4.78 is 0. The average Bonchev–Trinajstić information content (AvgIpc) is 2.73. The van der Waals surface area contributed by atoms with Gasteiger partial charge < -0.3 is 4.98 Å². The molecule has 0 fully saturated rings. The van der Waals surface area contributed by atoms with Crippen molar-refractivity contribution in [3.63, 3.8) is 0 Å². The van der Waals surface area contributed by atoms with Crippen LogP contribution < -0.4 is 0 Å². The maximum Gasteiger partial charge on any atom is 0.102 e.